The largest absolute Gasteiger partial charge is 0.506 e. The molecule has 78 heavy (non-hydrogen) atoms. The second-order valence-electron chi connectivity index (χ2n) is 24.7. The van der Waals surface area contributed by atoms with Crippen LogP contribution in [0.4, 0.5) is 0 Å². The molecule has 9 unspecified atom stereocenters. The third-order valence-electron chi connectivity index (χ3n) is 15.8. The van der Waals surface area contributed by atoms with Crippen molar-refractivity contribution in [3.05, 3.63) is 23.0 Å². The van der Waals surface area contributed by atoms with Crippen molar-refractivity contribution in [2.45, 2.75) is 279 Å². The Morgan fingerprint density at radius 2 is 0.859 bits per heavy atom. The molecule has 1 aliphatic heterocycles. The topological polar surface area (TPSA) is 278 Å². The zero-order valence-corrected chi connectivity index (χ0v) is 50.6. The fourth-order valence-corrected chi connectivity index (χ4v) is 10.0. The molecular weight excluding hydrogens is 1000 g/mol. The van der Waals surface area contributed by atoms with E-state index in [4.69, 9.17) is 28.4 Å². The van der Waals surface area contributed by atoms with E-state index in [0.717, 1.165) is 55.8 Å². The predicted octanol–water partition coefficient (Wildman–Crippen LogP) is 11.0. The smallest absolute Gasteiger partial charge is 0.218 e. The van der Waals surface area contributed by atoms with Gasteiger partial charge in [0.05, 0.1) is 25.9 Å². The first-order valence-electron chi connectivity index (χ1n) is 30.5. The second kappa shape index (κ2) is 42.9. The lowest BCUT2D eigenvalue weighted by atomic mass is 9.91. The predicted molar refractivity (Wildman–Crippen MR) is 306 cm³/mol. The molecule has 1 rings (SSSR count). The van der Waals surface area contributed by atoms with Gasteiger partial charge in [0, 0.05) is 32.7 Å². The van der Waals surface area contributed by atoms with Crippen molar-refractivity contribution >= 4 is 0 Å². The molecule has 16 atom stereocenters. The fourth-order valence-electron chi connectivity index (χ4n) is 10.0. The first-order chi connectivity index (χ1) is 36.9. The van der Waals surface area contributed by atoms with E-state index in [1.807, 2.05) is 0 Å². The Kier molecular flexibility index (Phi) is 40.8. The molecule has 1 heterocycles. The summed E-state index contributed by atoms with van der Waals surface area (Å²) >= 11 is 0. The highest BCUT2D eigenvalue weighted by atomic mass is 16.7. The van der Waals surface area contributed by atoms with Gasteiger partial charge in [-0.15, -0.1) is 0 Å². The summed E-state index contributed by atoms with van der Waals surface area (Å²) in [6.45, 7) is 24.4. The van der Waals surface area contributed by atoms with Crippen molar-refractivity contribution in [3.63, 3.8) is 0 Å². The molecule has 0 aromatic heterocycles. The van der Waals surface area contributed by atoms with E-state index in [0.29, 0.717) is 36.9 Å². The Morgan fingerprint density at radius 3 is 1.31 bits per heavy atom. The lowest BCUT2D eigenvalue weighted by Gasteiger charge is -2.39. The second-order valence-corrected chi connectivity index (χ2v) is 24.7. The lowest BCUT2D eigenvalue weighted by Crippen LogP contribution is -2.57. The first-order valence-corrected chi connectivity index (χ1v) is 30.5. The third kappa shape index (κ3) is 33.3. The van der Waals surface area contributed by atoms with Gasteiger partial charge in [0.1, 0.15) is 36.6 Å². The standard InChI is InChI=1S/C61H118O17/c1-40(2)18-12-20-42(5)22-14-24-44(7)26-16-28-46(9)31-35-73-38-49(74-36-32-47(10)29-17-27-45(8)25-15-23-43(6)21-13-19-41(3)4)39-76-59(71)57(69)54(66)51(30-34-62)78-60(72)56(68)53(65)50(63)33-37-75-61-58(70)55(67)52(64)48(11)77-61/h40-52,55,58-72H,12-39H2,1-11H3/b56-53+,57-54+/t42?,43?,44?,45?,46?,47?,48?,49?,50-,51+,52-,55?,58-,59-,60-,61+/m0/s1. The number of hydrogen-bond acceptors (Lipinski definition) is 17. The molecule has 0 bridgehead atoms. The van der Waals surface area contributed by atoms with Crippen LogP contribution < -0.4 is 0 Å². The third-order valence-corrected chi connectivity index (χ3v) is 15.8. The molecule has 0 aliphatic carbocycles. The molecular formula is C61H118O17. The van der Waals surface area contributed by atoms with Gasteiger partial charge in [-0.05, 0) is 67.1 Å². The maximum absolute atomic E-state index is 11.0. The van der Waals surface area contributed by atoms with Crippen molar-refractivity contribution in [1.29, 1.82) is 0 Å². The minimum absolute atomic E-state index is 0.156. The lowest BCUT2D eigenvalue weighted by molar-refractivity contribution is -0.293. The van der Waals surface area contributed by atoms with Crippen molar-refractivity contribution in [2.75, 3.05) is 39.6 Å². The summed E-state index contributed by atoms with van der Waals surface area (Å²) in [6.07, 6.45) is 7.85. The van der Waals surface area contributed by atoms with Crippen LogP contribution in [-0.4, -0.2) is 157 Å². The van der Waals surface area contributed by atoms with Crippen LogP contribution in [-0.2, 0) is 28.4 Å². The first kappa shape index (κ1) is 74.2. The number of aliphatic hydroxyl groups excluding tert-OH is 11. The molecule has 17 nitrogen and oxygen atoms in total. The molecule has 1 saturated heterocycles. The van der Waals surface area contributed by atoms with Gasteiger partial charge in [0.2, 0.25) is 12.6 Å². The number of aliphatic hydroxyl groups is 11. The normalized spacial score (nSPS) is 23.3. The summed E-state index contributed by atoms with van der Waals surface area (Å²) in [5.41, 5.74) is 0. The Hall–Kier alpha value is -1.84. The van der Waals surface area contributed by atoms with Crippen molar-refractivity contribution in [1.82, 2.24) is 0 Å². The van der Waals surface area contributed by atoms with Crippen LogP contribution >= 0.6 is 0 Å². The highest BCUT2D eigenvalue weighted by Gasteiger charge is 2.42. The van der Waals surface area contributed by atoms with E-state index in [2.05, 4.69) is 69.2 Å². The van der Waals surface area contributed by atoms with Crippen molar-refractivity contribution in [2.24, 2.45) is 47.3 Å². The monoisotopic (exact) mass is 1120 g/mol. The van der Waals surface area contributed by atoms with Crippen LogP contribution in [0.1, 0.15) is 217 Å². The summed E-state index contributed by atoms with van der Waals surface area (Å²) < 4.78 is 33.9. The molecule has 1 aliphatic rings. The average Bonchev–Trinajstić information content (AvgIpc) is 3.38. The fraction of sp³-hybridized carbons (Fsp3) is 0.934. The van der Waals surface area contributed by atoms with Crippen LogP contribution in [0.5, 0.6) is 0 Å². The maximum Gasteiger partial charge on any atom is 0.218 e. The van der Waals surface area contributed by atoms with Gasteiger partial charge in [-0.1, -0.05) is 185 Å². The van der Waals surface area contributed by atoms with Crippen LogP contribution in [0.2, 0.25) is 0 Å². The Balaban J connectivity index is 2.84. The van der Waals surface area contributed by atoms with Gasteiger partial charge in [-0.2, -0.15) is 0 Å². The van der Waals surface area contributed by atoms with Crippen LogP contribution in [0.3, 0.4) is 0 Å². The highest BCUT2D eigenvalue weighted by molar-refractivity contribution is 5.10. The molecule has 464 valence electrons. The molecule has 17 heteroatoms. The molecule has 0 aromatic carbocycles. The quantitative estimate of drug-likeness (QED) is 0.0153. The summed E-state index contributed by atoms with van der Waals surface area (Å²) in [4.78, 5) is 0. The molecule has 1 fully saturated rings. The summed E-state index contributed by atoms with van der Waals surface area (Å²) in [7, 11) is 0. The van der Waals surface area contributed by atoms with E-state index < -0.39 is 104 Å². The van der Waals surface area contributed by atoms with Gasteiger partial charge in [-0.25, -0.2) is 0 Å². The van der Waals surface area contributed by atoms with Crippen molar-refractivity contribution < 1.29 is 84.6 Å². The molecule has 0 amide bonds. The molecule has 11 N–H and O–H groups in total. The van der Waals surface area contributed by atoms with E-state index in [1.54, 1.807) is 0 Å². The maximum atomic E-state index is 11.0. The number of ether oxygens (including phenoxy) is 6. The summed E-state index contributed by atoms with van der Waals surface area (Å²) in [6, 6.07) is 0. The number of hydrogen-bond donors (Lipinski definition) is 11. The van der Waals surface area contributed by atoms with Gasteiger partial charge in [-0.3, -0.25) is 0 Å². The van der Waals surface area contributed by atoms with Gasteiger partial charge < -0.3 is 84.6 Å². The highest BCUT2D eigenvalue weighted by Crippen LogP contribution is 2.27. The summed E-state index contributed by atoms with van der Waals surface area (Å²) in [5, 5.41) is 115. The van der Waals surface area contributed by atoms with Gasteiger partial charge in [0.25, 0.3) is 0 Å². The molecule has 0 spiro atoms. The zero-order chi connectivity index (χ0) is 58.7. The molecule has 0 radical (unpaired) electrons. The number of rotatable bonds is 48. The Morgan fingerprint density at radius 1 is 0.436 bits per heavy atom. The van der Waals surface area contributed by atoms with E-state index >= 15 is 0 Å². The van der Waals surface area contributed by atoms with E-state index in [1.165, 1.54) is 103 Å². The van der Waals surface area contributed by atoms with Gasteiger partial charge >= 0.3 is 0 Å². The van der Waals surface area contributed by atoms with Crippen LogP contribution in [0.15, 0.2) is 23.0 Å². The van der Waals surface area contributed by atoms with Crippen LogP contribution in [0.25, 0.3) is 0 Å². The molecule has 0 saturated carbocycles. The SMILES string of the molecule is CC(C)CCCC(C)CCCC(C)CCCC(C)CCOCC(CO[C@H](O)/C(O)=C(\O)[C@@H](CCO)O[C@H](O)/C(O)=C(\O)[C@@H](O)CCO[C@@H]1OC(C)[C@H](O)C(O)[C@@H]1O)OCCC(C)CCCC(C)CCCC(C)CCCC(C)C. The van der Waals surface area contributed by atoms with Gasteiger partial charge in [0.15, 0.2) is 29.3 Å². The minimum atomic E-state index is -2.41. The molecule has 0 aromatic rings. The minimum Gasteiger partial charge on any atom is -0.506 e. The van der Waals surface area contributed by atoms with Crippen LogP contribution in [0, 0.1) is 47.3 Å². The van der Waals surface area contributed by atoms with Crippen molar-refractivity contribution in [3.8, 4) is 0 Å². The Bertz CT molecular complexity index is 1530. The average molecular weight is 1120 g/mol. The van der Waals surface area contributed by atoms with E-state index in [-0.39, 0.29) is 19.8 Å². The Labute approximate surface area is 472 Å². The zero-order valence-electron chi connectivity index (χ0n) is 50.6. The van der Waals surface area contributed by atoms with E-state index in [9.17, 15) is 56.2 Å². The summed E-state index contributed by atoms with van der Waals surface area (Å²) in [5.74, 6) is 0.866.